The molecule has 2 aromatic heterocycles. The Kier molecular flexibility index (Phi) is 3.33. The van der Waals surface area contributed by atoms with Crippen molar-refractivity contribution in [2.75, 3.05) is 12.3 Å². The number of hydrogen-bond acceptors (Lipinski definition) is 8. The lowest BCUT2D eigenvalue weighted by Gasteiger charge is -2.16. The number of imidazole rings is 1. The molecule has 1 fully saturated rings. The average molecular weight is 301 g/mol. The number of hydrogen-bond donors (Lipinski definition) is 4. The number of aliphatic hydroxyl groups is 2. The third-order valence-electron chi connectivity index (χ3n) is 3.32. The van der Waals surface area contributed by atoms with Crippen LogP contribution in [0.3, 0.4) is 0 Å². The first-order valence-corrected chi connectivity index (χ1v) is 6.01. The number of fused-ring (bicyclic) bond motifs is 1. The van der Waals surface area contributed by atoms with Crippen LogP contribution in [0.5, 0.6) is 0 Å². The largest absolute Gasteiger partial charge is 0.394 e. The van der Waals surface area contributed by atoms with E-state index in [1.165, 1.54) is 10.9 Å². The molecule has 1 aliphatic rings. The molecule has 0 spiro atoms. The SMILES string of the molecule is Nc1nc2c(ncn2[C@@H]2O[C@H](CO)[C@@H](OF)[C@H]2O)c(=O)[nH]1. The van der Waals surface area contributed by atoms with Crippen molar-refractivity contribution in [3.63, 3.8) is 0 Å². The topological polar surface area (TPSA) is 149 Å². The molecule has 0 aromatic carbocycles. The molecule has 1 aliphatic heterocycles. The predicted molar refractivity (Wildman–Crippen MR) is 65.5 cm³/mol. The van der Waals surface area contributed by atoms with Gasteiger partial charge in [0.25, 0.3) is 5.56 Å². The van der Waals surface area contributed by atoms with Crippen molar-refractivity contribution in [3.05, 3.63) is 16.7 Å². The Balaban J connectivity index is 2.07. The Bertz CT molecular complexity index is 717. The Labute approximate surface area is 115 Å². The molecule has 0 bridgehead atoms. The molecule has 5 N–H and O–H groups in total. The highest BCUT2D eigenvalue weighted by molar-refractivity contribution is 5.70. The maximum absolute atomic E-state index is 12.5. The molecule has 3 rings (SSSR count). The smallest absolute Gasteiger partial charge is 0.280 e. The first kappa shape index (κ1) is 13.9. The molecule has 21 heavy (non-hydrogen) atoms. The second-order valence-corrected chi connectivity index (χ2v) is 4.57. The fraction of sp³-hybridized carbons (Fsp3) is 0.500. The quantitative estimate of drug-likeness (QED) is 0.520. The van der Waals surface area contributed by atoms with E-state index in [1.807, 2.05) is 0 Å². The van der Waals surface area contributed by atoms with Crippen molar-refractivity contribution in [1.82, 2.24) is 19.5 Å². The minimum Gasteiger partial charge on any atom is -0.394 e. The lowest BCUT2D eigenvalue weighted by molar-refractivity contribution is -0.214. The van der Waals surface area contributed by atoms with Crippen LogP contribution in [0.15, 0.2) is 11.1 Å². The number of halogens is 1. The molecule has 0 radical (unpaired) electrons. The van der Waals surface area contributed by atoms with Crippen molar-refractivity contribution in [2.24, 2.45) is 0 Å². The summed E-state index contributed by atoms with van der Waals surface area (Å²) in [6, 6.07) is 0. The van der Waals surface area contributed by atoms with Crippen molar-refractivity contribution < 1.29 is 24.4 Å². The van der Waals surface area contributed by atoms with E-state index in [9.17, 15) is 14.4 Å². The van der Waals surface area contributed by atoms with Crippen molar-refractivity contribution in [2.45, 2.75) is 24.5 Å². The highest BCUT2D eigenvalue weighted by Gasteiger charge is 2.46. The zero-order valence-electron chi connectivity index (χ0n) is 10.5. The molecule has 3 heterocycles. The number of nitrogen functional groups attached to an aromatic ring is 1. The van der Waals surface area contributed by atoms with E-state index in [0.29, 0.717) is 0 Å². The van der Waals surface area contributed by atoms with Crippen LogP contribution >= 0.6 is 0 Å². The number of nitrogens with zero attached hydrogens (tertiary/aromatic N) is 3. The predicted octanol–water partition coefficient (Wildman–Crippen LogP) is -1.78. The average Bonchev–Trinajstić information content (AvgIpc) is 2.99. The van der Waals surface area contributed by atoms with Crippen LogP contribution in [0.2, 0.25) is 0 Å². The Hall–Kier alpha value is -2.08. The minimum atomic E-state index is -1.42. The van der Waals surface area contributed by atoms with Gasteiger partial charge in [-0.2, -0.15) is 9.93 Å². The van der Waals surface area contributed by atoms with Crippen molar-refractivity contribution >= 4 is 17.1 Å². The van der Waals surface area contributed by atoms with Gasteiger partial charge in [0, 0.05) is 0 Å². The van der Waals surface area contributed by atoms with Crippen LogP contribution in [0.4, 0.5) is 10.5 Å². The van der Waals surface area contributed by atoms with Crippen LogP contribution < -0.4 is 11.3 Å². The second kappa shape index (κ2) is 5.04. The number of nitrogens with one attached hydrogen (secondary N) is 1. The molecule has 4 atom stereocenters. The number of aromatic amines is 1. The maximum atomic E-state index is 12.5. The summed E-state index contributed by atoms with van der Waals surface area (Å²) >= 11 is 0. The van der Waals surface area contributed by atoms with E-state index in [1.54, 1.807) is 0 Å². The van der Waals surface area contributed by atoms with Gasteiger partial charge in [0.05, 0.1) is 12.9 Å². The molecule has 0 saturated carbocycles. The fourth-order valence-corrected chi connectivity index (χ4v) is 2.34. The summed E-state index contributed by atoms with van der Waals surface area (Å²) in [7, 11) is 0. The van der Waals surface area contributed by atoms with E-state index in [-0.39, 0.29) is 17.1 Å². The van der Waals surface area contributed by atoms with Crippen LogP contribution in [-0.4, -0.2) is 54.7 Å². The van der Waals surface area contributed by atoms with Gasteiger partial charge in [-0.1, -0.05) is 0 Å². The molecule has 114 valence electrons. The fourth-order valence-electron chi connectivity index (χ4n) is 2.34. The molecule has 11 heteroatoms. The lowest BCUT2D eigenvalue weighted by Crippen LogP contribution is -2.34. The molecule has 2 aromatic rings. The number of aromatic nitrogens is 4. The van der Waals surface area contributed by atoms with Crippen LogP contribution in [-0.2, 0) is 9.68 Å². The molecule has 1 saturated heterocycles. The van der Waals surface area contributed by atoms with Crippen molar-refractivity contribution in [3.8, 4) is 0 Å². The third-order valence-corrected chi connectivity index (χ3v) is 3.32. The lowest BCUT2D eigenvalue weighted by atomic mass is 10.1. The first-order chi connectivity index (χ1) is 10.1. The Morgan fingerprint density at radius 3 is 3.00 bits per heavy atom. The second-order valence-electron chi connectivity index (χ2n) is 4.57. The zero-order chi connectivity index (χ0) is 15.1. The van der Waals surface area contributed by atoms with Gasteiger partial charge in [-0.15, -0.1) is 0 Å². The Morgan fingerprint density at radius 1 is 1.62 bits per heavy atom. The van der Waals surface area contributed by atoms with Crippen LogP contribution in [0.1, 0.15) is 6.23 Å². The molecular formula is C10H12FN5O5. The molecular weight excluding hydrogens is 289 g/mol. The van der Waals surface area contributed by atoms with E-state index >= 15 is 0 Å². The number of H-pyrrole nitrogens is 1. The zero-order valence-corrected chi connectivity index (χ0v) is 10.5. The Morgan fingerprint density at radius 2 is 2.38 bits per heavy atom. The van der Waals surface area contributed by atoms with E-state index < -0.39 is 36.7 Å². The van der Waals surface area contributed by atoms with Gasteiger partial charge in [0.2, 0.25) is 5.95 Å². The summed E-state index contributed by atoms with van der Waals surface area (Å²) in [5, 5.41) is 19.1. The van der Waals surface area contributed by atoms with Gasteiger partial charge in [0.15, 0.2) is 23.5 Å². The molecule has 10 nitrogen and oxygen atoms in total. The minimum absolute atomic E-state index is 0.00911. The first-order valence-electron chi connectivity index (χ1n) is 6.01. The van der Waals surface area contributed by atoms with Gasteiger partial charge in [-0.25, -0.2) is 4.98 Å². The van der Waals surface area contributed by atoms with Gasteiger partial charge in [0.1, 0.15) is 12.2 Å². The van der Waals surface area contributed by atoms with E-state index in [0.717, 1.165) is 0 Å². The van der Waals surface area contributed by atoms with Crippen molar-refractivity contribution in [1.29, 1.82) is 0 Å². The number of aliphatic hydroxyl groups excluding tert-OH is 2. The molecule has 0 amide bonds. The van der Waals surface area contributed by atoms with E-state index in [4.69, 9.17) is 15.6 Å². The number of rotatable bonds is 3. The standard InChI is InChI=1S/C10H12FN5O5/c11-21-6-3(1-17)20-9(5(6)18)16-2-13-4-7(16)14-10(12)15-8(4)19/h2-3,5-6,9,17-18H,1H2,(H3,12,14,15,19)/t3-,5-,6-,9-/m1/s1. The van der Waals surface area contributed by atoms with Gasteiger partial charge >= 0.3 is 0 Å². The summed E-state index contributed by atoms with van der Waals surface area (Å²) in [4.78, 5) is 25.3. The van der Waals surface area contributed by atoms with E-state index in [2.05, 4.69) is 19.9 Å². The summed E-state index contributed by atoms with van der Waals surface area (Å²) in [6.07, 6.45) is -3.77. The van der Waals surface area contributed by atoms with Gasteiger partial charge < -0.3 is 20.7 Å². The number of anilines is 1. The third kappa shape index (κ3) is 2.06. The highest BCUT2D eigenvalue weighted by atomic mass is 19.3. The van der Waals surface area contributed by atoms with Gasteiger partial charge in [-0.3, -0.25) is 14.3 Å². The molecule has 0 unspecified atom stereocenters. The van der Waals surface area contributed by atoms with Crippen LogP contribution in [0.25, 0.3) is 11.2 Å². The molecule has 0 aliphatic carbocycles. The van der Waals surface area contributed by atoms with Gasteiger partial charge in [-0.05, 0) is 4.53 Å². The summed E-state index contributed by atoms with van der Waals surface area (Å²) in [6.45, 7) is -0.551. The maximum Gasteiger partial charge on any atom is 0.280 e. The number of nitrogens with two attached hydrogens (primary N) is 1. The monoisotopic (exact) mass is 301 g/mol. The van der Waals surface area contributed by atoms with Crippen LogP contribution in [0, 0.1) is 0 Å². The number of ether oxygens (including phenoxy) is 1. The summed E-state index contributed by atoms with van der Waals surface area (Å²) in [5.41, 5.74) is 4.96. The normalized spacial score (nSPS) is 29.3. The summed E-state index contributed by atoms with van der Waals surface area (Å²) in [5.74, 6) is -0.140. The summed E-state index contributed by atoms with van der Waals surface area (Å²) < 4.78 is 19.0. The highest BCUT2D eigenvalue weighted by Crippen LogP contribution is 2.32.